The highest BCUT2D eigenvalue weighted by Crippen LogP contribution is 1.92. The summed E-state index contributed by atoms with van der Waals surface area (Å²) in [4.78, 5) is 11.8. The molecule has 0 radical (unpaired) electrons. The highest BCUT2D eigenvalue weighted by molar-refractivity contribution is 5.68. The molecule has 0 aliphatic heterocycles. The molecule has 0 saturated carbocycles. The van der Waals surface area contributed by atoms with Crippen LogP contribution in [0.1, 0.15) is 0 Å². The number of rotatable bonds is 6. The largest absolute Gasteiger partial charge is 0.480 e. The lowest BCUT2D eigenvalue weighted by atomic mass is 10.3. The maximum atomic E-state index is 10.2. The molecule has 0 amide bonds. The zero-order valence-corrected chi connectivity index (χ0v) is 7.36. The molecule has 0 fully saturated rings. The summed E-state index contributed by atoms with van der Waals surface area (Å²) < 4.78 is 4.87. The summed E-state index contributed by atoms with van der Waals surface area (Å²) in [6.07, 6.45) is -0.311. The second-order valence-electron chi connectivity index (χ2n) is 2.63. The van der Waals surface area contributed by atoms with Gasteiger partial charge in [-0.15, -0.1) is 0 Å². The number of hydrogen-bond acceptors (Lipinski definition) is 4. The quantitative estimate of drug-likeness (QED) is 0.545. The van der Waals surface area contributed by atoms with Crippen LogP contribution in [0.25, 0.3) is 0 Å². The second-order valence-corrected chi connectivity index (χ2v) is 2.63. The second kappa shape index (κ2) is 5.93. The van der Waals surface area contributed by atoms with Crippen molar-refractivity contribution in [1.82, 2.24) is 4.90 Å². The Balaban J connectivity index is 3.65. The van der Waals surface area contributed by atoms with Crippen molar-refractivity contribution in [3.8, 4) is 0 Å². The average Bonchev–Trinajstić information content (AvgIpc) is 1.98. The van der Waals surface area contributed by atoms with Crippen LogP contribution >= 0.6 is 0 Å². The number of ether oxygens (including phenoxy) is 1. The van der Waals surface area contributed by atoms with Crippen LogP contribution in [0.4, 0.5) is 0 Å². The SMILES string of the molecule is CO[C@H](CO)CN(C)CC(=O)O. The zero-order valence-electron chi connectivity index (χ0n) is 7.36. The van der Waals surface area contributed by atoms with Gasteiger partial charge in [0.15, 0.2) is 0 Å². The minimum absolute atomic E-state index is 0.0418. The van der Waals surface area contributed by atoms with Gasteiger partial charge in [0.2, 0.25) is 0 Å². The molecule has 0 aromatic heterocycles. The van der Waals surface area contributed by atoms with Crippen molar-refractivity contribution in [2.75, 3.05) is 33.9 Å². The molecule has 5 heteroatoms. The molecule has 0 aromatic carbocycles. The highest BCUT2D eigenvalue weighted by atomic mass is 16.5. The number of carboxylic acid groups (broad SMARTS) is 1. The molecule has 0 saturated heterocycles. The molecule has 0 spiro atoms. The topological polar surface area (TPSA) is 70.0 Å². The normalized spacial score (nSPS) is 13.3. The first-order chi connectivity index (χ1) is 5.60. The summed E-state index contributed by atoms with van der Waals surface area (Å²) >= 11 is 0. The number of likely N-dealkylation sites (N-methyl/N-ethyl adjacent to an activating group) is 1. The molecule has 0 aliphatic carbocycles. The number of nitrogens with zero attached hydrogens (tertiary/aromatic N) is 1. The van der Waals surface area contributed by atoms with Crippen LogP contribution in [0.15, 0.2) is 0 Å². The van der Waals surface area contributed by atoms with E-state index in [0.717, 1.165) is 0 Å². The van der Waals surface area contributed by atoms with Crippen molar-refractivity contribution in [3.05, 3.63) is 0 Å². The predicted molar refractivity (Wildman–Crippen MR) is 43.0 cm³/mol. The van der Waals surface area contributed by atoms with Gasteiger partial charge in [-0.05, 0) is 7.05 Å². The zero-order chi connectivity index (χ0) is 9.56. The lowest BCUT2D eigenvalue weighted by molar-refractivity contribution is -0.138. The van der Waals surface area contributed by atoms with Gasteiger partial charge in [0.1, 0.15) is 0 Å². The van der Waals surface area contributed by atoms with E-state index >= 15 is 0 Å². The van der Waals surface area contributed by atoms with Gasteiger partial charge in [-0.2, -0.15) is 0 Å². The van der Waals surface area contributed by atoms with E-state index in [4.69, 9.17) is 14.9 Å². The van der Waals surface area contributed by atoms with E-state index in [1.54, 1.807) is 11.9 Å². The molecule has 0 rings (SSSR count). The monoisotopic (exact) mass is 177 g/mol. The van der Waals surface area contributed by atoms with Crippen LogP contribution in [-0.4, -0.2) is 61.0 Å². The van der Waals surface area contributed by atoms with Gasteiger partial charge in [0.05, 0.1) is 19.3 Å². The number of hydrogen-bond donors (Lipinski definition) is 2. The molecular weight excluding hydrogens is 162 g/mol. The first-order valence-electron chi connectivity index (χ1n) is 3.64. The van der Waals surface area contributed by atoms with Crippen molar-refractivity contribution in [2.45, 2.75) is 6.10 Å². The molecule has 1 atom stereocenters. The Morgan fingerprint density at radius 2 is 2.25 bits per heavy atom. The Kier molecular flexibility index (Phi) is 5.61. The summed E-state index contributed by atoms with van der Waals surface area (Å²) in [7, 11) is 3.14. The lowest BCUT2D eigenvalue weighted by Gasteiger charge is -2.19. The van der Waals surface area contributed by atoms with Crippen LogP contribution in [0.3, 0.4) is 0 Å². The van der Waals surface area contributed by atoms with Gasteiger partial charge in [-0.25, -0.2) is 0 Å². The van der Waals surface area contributed by atoms with Crippen molar-refractivity contribution in [1.29, 1.82) is 0 Å². The summed E-state index contributed by atoms with van der Waals surface area (Å²) in [5.74, 6) is -0.884. The molecule has 72 valence electrons. The molecule has 0 bridgehead atoms. The number of carbonyl (C=O) groups is 1. The molecular formula is C7H15NO4. The third-order valence-corrected chi connectivity index (χ3v) is 1.46. The number of aliphatic hydroxyl groups is 1. The van der Waals surface area contributed by atoms with E-state index in [2.05, 4.69) is 0 Å². The van der Waals surface area contributed by atoms with Crippen LogP contribution in [0.2, 0.25) is 0 Å². The fourth-order valence-corrected chi connectivity index (χ4v) is 0.850. The van der Waals surface area contributed by atoms with Gasteiger partial charge < -0.3 is 14.9 Å². The Hall–Kier alpha value is -0.650. The third kappa shape index (κ3) is 5.06. The van der Waals surface area contributed by atoms with Gasteiger partial charge in [-0.1, -0.05) is 0 Å². The molecule has 0 heterocycles. The molecule has 0 aliphatic rings. The Morgan fingerprint density at radius 3 is 2.58 bits per heavy atom. The first-order valence-corrected chi connectivity index (χ1v) is 3.64. The lowest BCUT2D eigenvalue weighted by Crippen LogP contribution is -2.35. The van der Waals surface area contributed by atoms with E-state index in [0.29, 0.717) is 6.54 Å². The van der Waals surface area contributed by atoms with Gasteiger partial charge in [0, 0.05) is 13.7 Å². The Bertz CT molecular complexity index is 135. The minimum Gasteiger partial charge on any atom is -0.480 e. The highest BCUT2D eigenvalue weighted by Gasteiger charge is 2.11. The summed E-state index contributed by atoms with van der Waals surface area (Å²) in [5.41, 5.74) is 0. The molecule has 12 heavy (non-hydrogen) atoms. The maximum absolute atomic E-state index is 10.2. The standard InChI is InChI=1S/C7H15NO4/c1-8(4-7(10)11)3-6(5-9)12-2/h6,9H,3-5H2,1-2H3,(H,10,11)/t6-/m0/s1. The van der Waals surface area contributed by atoms with E-state index in [1.165, 1.54) is 7.11 Å². The van der Waals surface area contributed by atoms with Crippen molar-refractivity contribution >= 4 is 5.97 Å². The van der Waals surface area contributed by atoms with E-state index in [9.17, 15) is 4.79 Å². The van der Waals surface area contributed by atoms with Crippen LogP contribution in [0.5, 0.6) is 0 Å². The summed E-state index contributed by atoms with van der Waals surface area (Å²) in [5, 5.41) is 17.1. The van der Waals surface area contributed by atoms with Gasteiger partial charge >= 0.3 is 5.97 Å². The number of methoxy groups -OCH3 is 1. The predicted octanol–water partition coefficient (Wildman–Crippen LogP) is -0.990. The average molecular weight is 177 g/mol. The molecule has 5 nitrogen and oxygen atoms in total. The van der Waals surface area contributed by atoms with Crippen LogP contribution < -0.4 is 0 Å². The maximum Gasteiger partial charge on any atom is 0.317 e. The van der Waals surface area contributed by atoms with Gasteiger partial charge in [-0.3, -0.25) is 9.69 Å². The fourth-order valence-electron chi connectivity index (χ4n) is 0.850. The number of carboxylic acids is 1. The van der Waals surface area contributed by atoms with E-state index in [-0.39, 0.29) is 19.3 Å². The Labute approximate surface area is 71.6 Å². The van der Waals surface area contributed by atoms with Crippen LogP contribution in [0, 0.1) is 0 Å². The number of aliphatic hydroxyl groups excluding tert-OH is 1. The van der Waals surface area contributed by atoms with Crippen LogP contribution in [-0.2, 0) is 9.53 Å². The third-order valence-electron chi connectivity index (χ3n) is 1.46. The molecule has 0 aromatic rings. The van der Waals surface area contributed by atoms with Crippen molar-refractivity contribution < 1.29 is 19.7 Å². The van der Waals surface area contributed by atoms with E-state index < -0.39 is 5.97 Å². The fraction of sp³-hybridized carbons (Fsp3) is 0.857. The minimum atomic E-state index is -0.884. The summed E-state index contributed by atoms with van der Waals surface area (Å²) in [6, 6.07) is 0. The van der Waals surface area contributed by atoms with Crippen molar-refractivity contribution in [2.24, 2.45) is 0 Å². The van der Waals surface area contributed by atoms with Gasteiger partial charge in [0.25, 0.3) is 0 Å². The molecule has 2 N–H and O–H groups in total. The smallest absolute Gasteiger partial charge is 0.317 e. The molecule has 0 unspecified atom stereocenters. The van der Waals surface area contributed by atoms with E-state index in [1.807, 2.05) is 0 Å². The van der Waals surface area contributed by atoms with Crippen molar-refractivity contribution in [3.63, 3.8) is 0 Å². The number of aliphatic carboxylic acids is 1. The summed E-state index contributed by atoms with van der Waals surface area (Å²) in [6.45, 7) is 0.277. The Morgan fingerprint density at radius 1 is 1.67 bits per heavy atom. The first kappa shape index (κ1) is 11.4.